The molecule has 10 heteroatoms. The Balaban J connectivity index is 1.47. The van der Waals surface area contributed by atoms with E-state index >= 15 is 0 Å². The molecule has 1 aliphatic rings. The van der Waals surface area contributed by atoms with Crippen LogP contribution in [0.1, 0.15) is 28.6 Å². The van der Waals surface area contributed by atoms with Crippen LogP contribution in [-0.4, -0.2) is 14.9 Å². The summed E-state index contributed by atoms with van der Waals surface area (Å²) in [7, 11) is 0. The Morgan fingerprint density at radius 1 is 0.886 bits per heavy atom. The highest BCUT2D eigenvalue weighted by Gasteiger charge is 2.17. The quantitative estimate of drug-likeness (QED) is 0.245. The molecule has 35 heavy (non-hydrogen) atoms. The number of aromatic amines is 1. The minimum absolute atomic E-state index is 0.0142. The lowest BCUT2D eigenvalue weighted by Gasteiger charge is -2.12. The zero-order chi connectivity index (χ0) is 24.5. The maximum Gasteiger partial charge on any atom is 0.299 e. The first-order chi connectivity index (χ1) is 16.9. The molecule has 1 aliphatic heterocycles. The van der Waals surface area contributed by atoms with Crippen LogP contribution in [0.3, 0.4) is 0 Å². The van der Waals surface area contributed by atoms with E-state index in [1.54, 1.807) is 19.1 Å². The summed E-state index contributed by atoms with van der Waals surface area (Å²) in [6.45, 7) is 5.79. The molecule has 0 aliphatic carbocycles. The number of aromatic nitrogens is 2. The average molecular weight is 471 g/mol. The Bertz CT molecular complexity index is 1480. The topological polar surface area (TPSA) is 131 Å². The van der Waals surface area contributed by atoms with Crippen LogP contribution >= 0.6 is 0 Å². The maximum atomic E-state index is 13.0. The fourth-order valence-electron chi connectivity index (χ4n) is 3.96. The van der Waals surface area contributed by atoms with Crippen LogP contribution in [-0.2, 0) is 0 Å². The Kier molecular flexibility index (Phi) is 6.01. The number of nitrogens with zero attached hydrogens (tertiary/aromatic N) is 3. The highest BCUT2D eigenvalue weighted by atomic mass is 16.3. The molecule has 6 N–H and O–H groups in total. The van der Waals surface area contributed by atoms with Gasteiger partial charge in [-0.2, -0.15) is 11.1 Å². The van der Waals surface area contributed by atoms with Gasteiger partial charge in [0.15, 0.2) is 11.4 Å². The molecule has 2 heterocycles. The largest absolute Gasteiger partial charge is 0.505 e. The number of benzene rings is 3. The summed E-state index contributed by atoms with van der Waals surface area (Å²) < 4.78 is 1.45. The van der Waals surface area contributed by atoms with Crippen LogP contribution in [0.15, 0.2) is 75.7 Å². The summed E-state index contributed by atoms with van der Waals surface area (Å²) in [6, 6.07) is 18.8. The van der Waals surface area contributed by atoms with Crippen LogP contribution in [0.5, 0.6) is 5.75 Å². The number of aromatic hydroxyl groups is 1. The Morgan fingerprint density at radius 2 is 1.66 bits per heavy atom. The molecule has 5 rings (SSSR count). The molecule has 3 aromatic carbocycles. The van der Waals surface area contributed by atoms with E-state index in [4.69, 9.17) is 0 Å². The number of para-hydroxylation sites is 1. The lowest BCUT2D eigenvalue weighted by Crippen LogP contribution is -2.33. The normalized spacial score (nSPS) is 14.3. The number of nitrogens with one attached hydrogen (secondary N) is 5. The summed E-state index contributed by atoms with van der Waals surface area (Å²) in [5.74, 6) is -0.0142. The van der Waals surface area contributed by atoms with Gasteiger partial charge in [0.25, 0.3) is 5.56 Å². The van der Waals surface area contributed by atoms with E-state index < -0.39 is 0 Å². The molecule has 0 saturated carbocycles. The fraction of sp³-hybridized carbons (Fsp3) is 0.160. The van der Waals surface area contributed by atoms with E-state index in [1.807, 2.05) is 62.4 Å². The maximum absolute atomic E-state index is 13.0. The molecule has 1 fully saturated rings. The molecule has 0 unspecified atom stereocenters. The van der Waals surface area contributed by atoms with Crippen LogP contribution in [0.2, 0.25) is 0 Å². The van der Waals surface area contributed by atoms with Crippen molar-refractivity contribution >= 4 is 11.4 Å². The minimum Gasteiger partial charge on any atom is -0.505 e. The molecular weight excluding hydrogens is 444 g/mol. The van der Waals surface area contributed by atoms with Gasteiger partial charge in [-0.3, -0.25) is 9.89 Å². The summed E-state index contributed by atoms with van der Waals surface area (Å²) in [5, 5.41) is 22.4. The van der Waals surface area contributed by atoms with Gasteiger partial charge >= 0.3 is 0 Å². The lowest BCUT2D eigenvalue weighted by molar-refractivity contribution is 0.478. The molecule has 1 aromatic heterocycles. The Morgan fingerprint density at radius 3 is 2.43 bits per heavy atom. The van der Waals surface area contributed by atoms with Crippen molar-refractivity contribution in [3.05, 3.63) is 93.4 Å². The van der Waals surface area contributed by atoms with Crippen LogP contribution in [0.4, 0.5) is 11.4 Å². The molecule has 0 amide bonds. The van der Waals surface area contributed by atoms with Crippen molar-refractivity contribution in [2.45, 2.75) is 26.9 Å². The van der Waals surface area contributed by atoms with Crippen molar-refractivity contribution < 1.29 is 5.11 Å². The second-order valence-electron chi connectivity index (χ2n) is 8.46. The van der Waals surface area contributed by atoms with Gasteiger partial charge in [-0.05, 0) is 67.3 Å². The van der Waals surface area contributed by atoms with Gasteiger partial charge in [0.1, 0.15) is 11.9 Å². The summed E-state index contributed by atoms with van der Waals surface area (Å²) in [4.78, 5) is 13.0. The van der Waals surface area contributed by atoms with Gasteiger partial charge in [0, 0.05) is 5.56 Å². The van der Waals surface area contributed by atoms with Crippen molar-refractivity contribution in [1.82, 2.24) is 31.7 Å². The highest BCUT2D eigenvalue weighted by molar-refractivity contribution is 5.76. The molecule has 178 valence electrons. The number of rotatable bonds is 5. The smallest absolute Gasteiger partial charge is 0.299 e. The van der Waals surface area contributed by atoms with Crippen molar-refractivity contribution in [1.29, 1.82) is 0 Å². The number of phenols is 1. The SMILES string of the molecule is Cc1ccc(-n2[nH]c(C)c(N=Nc3cccc(-c4cccc(C5NNNN5)c4)c3O)c2=O)cc1C. The standard InChI is InChI=1S/C25H26N8O2/c1-14-10-11-19(12-15(14)2)33-25(35)22(16(3)30-33)27-26-21-9-5-8-20(23(21)34)17-6-4-7-18(13-17)24-28-31-32-29-24/h4-13,24,28-32,34H,1-3H3. The average Bonchev–Trinajstić information content (AvgIpc) is 3.49. The molecule has 0 radical (unpaired) electrons. The minimum atomic E-state index is -0.309. The highest BCUT2D eigenvalue weighted by Crippen LogP contribution is 2.38. The van der Waals surface area contributed by atoms with Crippen molar-refractivity contribution in [3.63, 3.8) is 0 Å². The van der Waals surface area contributed by atoms with E-state index in [0.717, 1.165) is 27.9 Å². The van der Waals surface area contributed by atoms with Gasteiger partial charge in [0.05, 0.1) is 11.4 Å². The Labute approximate surface area is 201 Å². The molecule has 0 atom stereocenters. The first kappa shape index (κ1) is 22.7. The predicted octanol–water partition coefficient (Wildman–Crippen LogP) is 3.99. The summed E-state index contributed by atoms with van der Waals surface area (Å²) in [6.07, 6.45) is -0.129. The van der Waals surface area contributed by atoms with Gasteiger partial charge in [-0.15, -0.1) is 10.2 Å². The number of azo groups is 1. The van der Waals surface area contributed by atoms with Gasteiger partial charge in [-0.25, -0.2) is 15.5 Å². The van der Waals surface area contributed by atoms with E-state index in [9.17, 15) is 9.90 Å². The van der Waals surface area contributed by atoms with Crippen molar-refractivity contribution in [3.8, 4) is 22.6 Å². The van der Waals surface area contributed by atoms with E-state index in [1.165, 1.54) is 4.68 Å². The molecule has 4 aromatic rings. The van der Waals surface area contributed by atoms with E-state index in [-0.39, 0.29) is 28.8 Å². The van der Waals surface area contributed by atoms with Gasteiger partial charge in [0.2, 0.25) is 0 Å². The Hall–Kier alpha value is -4.09. The molecule has 0 spiro atoms. The third-order valence-electron chi connectivity index (χ3n) is 6.09. The number of aryl methyl sites for hydroxylation is 3. The summed E-state index contributed by atoms with van der Waals surface area (Å²) >= 11 is 0. The van der Waals surface area contributed by atoms with Gasteiger partial charge < -0.3 is 5.11 Å². The number of H-pyrrole nitrogens is 1. The number of hydrazine groups is 3. The van der Waals surface area contributed by atoms with E-state index in [2.05, 4.69) is 37.2 Å². The van der Waals surface area contributed by atoms with Crippen molar-refractivity contribution in [2.24, 2.45) is 10.2 Å². The number of phenolic OH excluding ortho intramolecular Hbond substituents is 1. The third-order valence-corrected chi connectivity index (χ3v) is 6.09. The third kappa shape index (κ3) is 4.38. The number of hydrogen-bond acceptors (Lipinski definition) is 8. The number of hydrogen-bond donors (Lipinski definition) is 6. The first-order valence-corrected chi connectivity index (χ1v) is 11.2. The van der Waals surface area contributed by atoms with Gasteiger partial charge in [-0.1, -0.05) is 36.4 Å². The second-order valence-corrected chi connectivity index (χ2v) is 8.46. The fourth-order valence-corrected chi connectivity index (χ4v) is 3.96. The first-order valence-electron chi connectivity index (χ1n) is 11.2. The zero-order valence-corrected chi connectivity index (χ0v) is 19.5. The molecule has 10 nitrogen and oxygen atoms in total. The van der Waals surface area contributed by atoms with Crippen molar-refractivity contribution in [2.75, 3.05) is 0 Å². The molecule has 1 saturated heterocycles. The monoisotopic (exact) mass is 470 g/mol. The predicted molar refractivity (Wildman–Crippen MR) is 134 cm³/mol. The van der Waals surface area contributed by atoms with Crippen LogP contribution < -0.4 is 27.5 Å². The molecular formula is C25H26N8O2. The van der Waals surface area contributed by atoms with E-state index in [0.29, 0.717) is 11.3 Å². The lowest BCUT2D eigenvalue weighted by atomic mass is 10.0. The summed E-state index contributed by atoms with van der Waals surface area (Å²) in [5.41, 5.74) is 17.8. The molecule has 0 bridgehead atoms. The second kappa shape index (κ2) is 9.28. The zero-order valence-electron chi connectivity index (χ0n) is 19.5. The van der Waals surface area contributed by atoms with Crippen LogP contribution in [0.25, 0.3) is 16.8 Å². The van der Waals surface area contributed by atoms with Crippen LogP contribution in [0, 0.1) is 20.8 Å².